The number of carbonyl (C=O) groups excluding carboxylic acids is 4. The zero-order valence-electron chi connectivity index (χ0n) is 22.9. The van der Waals surface area contributed by atoms with Crippen molar-refractivity contribution < 1.29 is 33.8 Å². The topological polar surface area (TPSA) is 158 Å². The van der Waals surface area contributed by atoms with Crippen molar-refractivity contribution in [3.8, 4) is 5.75 Å². The number of carbonyl (C=O) groups is 5. The maximum Gasteiger partial charge on any atom is 0.322 e. The molecule has 1 aromatic carbocycles. The first kappa shape index (κ1) is 29.1. The van der Waals surface area contributed by atoms with Gasteiger partial charge in [0.25, 0.3) is 11.7 Å². The number of aromatic nitrogens is 1. The Morgan fingerprint density at radius 3 is 2.35 bits per heavy atom. The monoisotopic (exact) mass is 554 g/mol. The lowest BCUT2D eigenvalue weighted by atomic mass is 9.82. The quantitative estimate of drug-likeness (QED) is 0.246. The Labute approximate surface area is 233 Å². The Hall–Kier alpha value is -3.89. The van der Waals surface area contributed by atoms with Crippen LogP contribution in [0.1, 0.15) is 74.6 Å². The minimum absolute atomic E-state index is 0.0237. The number of ether oxygens (including phenoxy) is 1. The fourth-order valence-electron chi connectivity index (χ4n) is 5.94. The van der Waals surface area contributed by atoms with Gasteiger partial charge in [-0.3, -0.25) is 24.0 Å². The van der Waals surface area contributed by atoms with Crippen LogP contribution in [0.4, 0.5) is 0 Å². The average molecular weight is 555 g/mol. The molecular weight excluding hydrogens is 516 g/mol. The van der Waals surface area contributed by atoms with Gasteiger partial charge >= 0.3 is 5.97 Å². The molecule has 2 fully saturated rings. The number of carboxylic acid groups (broad SMARTS) is 1. The highest BCUT2D eigenvalue weighted by molar-refractivity contribution is 6.45. The second kappa shape index (κ2) is 13.5. The van der Waals surface area contributed by atoms with E-state index in [-0.39, 0.29) is 23.4 Å². The van der Waals surface area contributed by atoms with Gasteiger partial charge in [0.1, 0.15) is 24.9 Å². The number of hydrogen-bond acceptors (Lipinski definition) is 6. The van der Waals surface area contributed by atoms with E-state index < -0.39 is 42.7 Å². The molecule has 4 rings (SSSR count). The summed E-state index contributed by atoms with van der Waals surface area (Å²) < 4.78 is 5.24. The summed E-state index contributed by atoms with van der Waals surface area (Å²) in [6, 6.07) is 4.00. The molecule has 2 aliphatic carbocycles. The third-order valence-electron chi connectivity index (χ3n) is 7.99. The first-order valence-corrected chi connectivity index (χ1v) is 14.1. The van der Waals surface area contributed by atoms with E-state index in [1.165, 1.54) is 13.3 Å². The first-order valence-electron chi connectivity index (χ1n) is 14.1. The third-order valence-corrected chi connectivity index (χ3v) is 7.99. The summed E-state index contributed by atoms with van der Waals surface area (Å²) in [5.74, 6) is -3.84. The summed E-state index contributed by atoms with van der Waals surface area (Å²) in [6.07, 6.45) is 10.4. The Morgan fingerprint density at radius 2 is 1.70 bits per heavy atom. The predicted molar refractivity (Wildman–Crippen MR) is 147 cm³/mol. The molecule has 0 spiro atoms. The highest BCUT2D eigenvalue weighted by atomic mass is 16.5. The van der Waals surface area contributed by atoms with E-state index in [2.05, 4.69) is 15.6 Å². The molecule has 0 bridgehead atoms. The number of amides is 3. The molecular formula is C29H38N4O7. The largest absolute Gasteiger partial charge is 0.497 e. The van der Waals surface area contributed by atoms with Gasteiger partial charge in [0, 0.05) is 29.2 Å². The zero-order valence-corrected chi connectivity index (χ0v) is 22.9. The normalized spacial score (nSPS) is 17.1. The van der Waals surface area contributed by atoms with E-state index in [9.17, 15) is 24.0 Å². The number of fused-ring (bicyclic) bond motifs is 1. The van der Waals surface area contributed by atoms with Crippen LogP contribution >= 0.6 is 0 Å². The fraction of sp³-hybridized carbons (Fsp3) is 0.552. The van der Waals surface area contributed by atoms with E-state index in [0.29, 0.717) is 29.5 Å². The summed E-state index contributed by atoms with van der Waals surface area (Å²) in [4.78, 5) is 69.3. The van der Waals surface area contributed by atoms with Crippen LogP contribution in [0.5, 0.6) is 5.75 Å². The second-order valence-corrected chi connectivity index (χ2v) is 10.7. The van der Waals surface area contributed by atoms with Crippen molar-refractivity contribution in [2.75, 3.05) is 20.2 Å². The van der Waals surface area contributed by atoms with Gasteiger partial charge in [0.15, 0.2) is 0 Å². The number of carboxylic acids is 1. The van der Waals surface area contributed by atoms with Gasteiger partial charge in [-0.05, 0) is 43.7 Å². The van der Waals surface area contributed by atoms with E-state index in [1.54, 1.807) is 18.2 Å². The van der Waals surface area contributed by atoms with Gasteiger partial charge in [-0.2, -0.15) is 0 Å². The van der Waals surface area contributed by atoms with Crippen LogP contribution in [0.2, 0.25) is 0 Å². The van der Waals surface area contributed by atoms with Crippen LogP contribution in [0.3, 0.4) is 0 Å². The number of ketones is 1. The summed E-state index contributed by atoms with van der Waals surface area (Å²) in [6.45, 7) is -1.24. The summed E-state index contributed by atoms with van der Waals surface area (Å²) >= 11 is 0. The number of Topliss-reactive ketones (excluding diaryl/α,β-unsaturated/α-hetero) is 1. The van der Waals surface area contributed by atoms with Crippen molar-refractivity contribution in [2.45, 2.75) is 76.3 Å². The molecule has 4 N–H and O–H groups in total. The number of rotatable bonds is 11. The highest BCUT2D eigenvalue weighted by Gasteiger charge is 2.41. The van der Waals surface area contributed by atoms with E-state index in [1.807, 2.05) is 0 Å². The number of nitrogens with one attached hydrogen (secondary N) is 3. The number of aliphatic carboxylic acids is 1. The molecule has 0 unspecified atom stereocenters. The number of H-pyrrole nitrogens is 1. The molecule has 0 radical (unpaired) electrons. The summed E-state index contributed by atoms with van der Waals surface area (Å²) in [7, 11) is 1.52. The van der Waals surface area contributed by atoms with Crippen molar-refractivity contribution >= 4 is 40.4 Å². The maximum absolute atomic E-state index is 13.9. The van der Waals surface area contributed by atoms with Crippen LogP contribution in [-0.4, -0.2) is 76.7 Å². The van der Waals surface area contributed by atoms with E-state index >= 15 is 0 Å². The van der Waals surface area contributed by atoms with Crippen molar-refractivity contribution in [1.82, 2.24) is 20.5 Å². The molecule has 216 valence electrons. The molecule has 1 aromatic heterocycles. The maximum atomic E-state index is 13.9. The van der Waals surface area contributed by atoms with Crippen LogP contribution in [-0.2, 0) is 19.2 Å². The Bertz CT molecular complexity index is 1240. The minimum Gasteiger partial charge on any atom is -0.497 e. The average Bonchev–Trinajstić information content (AvgIpc) is 3.39. The number of nitrogens with zero attached hydrogens (tertiary/aromatic N) is 1. The SMILES string of the molecule is COc1ccc2c(C(=O)C(=O)N(CC(=O)NCC(=O)O)[C@@H](C(=O)NC3CCCCC3)C3CCCCC3)c[nH]c2c1. The first-order chi connectivity index (χ1) is 19.3. The predicted octanol–water partition coefficient (Wildman–Crippen LogP) is 2.79. The lowest BCUT2D eigenvalue weighted by Crippen LogP contribution is -2.59. The van der Waals surface area contributed by atoms with Crippen LogP contribution < -0.4 is 15.4 Å². The number of benzene rings is 1. The van der Waals surface area contributed by atoms with Crippen molar-refractivity contribution in [3.05, 3.63) is 30.0 Å². The Kier molecular flexibility index (Phi) is 9.79. The van der Waals surface area contributed by atoms with Crippen molar-refractivity contribution in [1.29, 1.82) is 0 Å². The number of aromatic amines is 1. The molecule has 3 amide bonds. The standard InChI is InChI=1S/C29H38N4O7/c1-40-20-12-13-21-22(15-30-23(21)14-20)27(37)29(39)33(17-24(34)31-16-25(35)36)26(18-8-4-2-5-9-18)28(38)32-19-10-6-3-7-11-19/h12-15,18-19,26,30H,2-11,16-17H2,1H3,(H,31,34)(H,32,38)(H,35,36)/t26-/m1/s1. The lowest BCUT2D eigenvalue weighted by molar-refractivity contribution is -0.144. The molecule has 2 aliphatic rings. The second-order valence-electron chi connectivity index (χ2n) is 10.7. The molecule has 40 heavy (non-hydrogen) atoms. The lowest BCUT2D eigenvalue weighted by Gasteiger charge is -2.38. The molecule has 0 aliphatic heterocycles. The molecule has 2 saturated carbocycles. The van der Waals surface area contributed by atoms with E-state index in [0.717, 1.165) is 56.3 Å². The van der Waals surface area contributed by atoms with Gasteiger partial charge in [0.2, 0.25) is 11.8 Å². The summed E-state index contributed by atoms with van der Waals surface area (Å²) in [5, 5.41) is 14.9. The molecule has 1 heterocycles. The van der Waals surface area contributed by atoms with E-state index in [4.69, 9.17) is 9.84 Å². The summed E-state index contributed by atoms with van der Waals surface area (Å²) in [5.41, 5.74) is 0.716. The van der Waals surface area contributed by atoms with Crippen molar-refractivity contribution in [3.63, 3.8) is 0 Å². The van der Waals surface area contributed by atoms with Crippen molar-refractivity contribution in [2.24, 2.45) is 5.92 Å². The van der Waals surface area contributed by atoms with Crippen LogP contribution in [0.15, 0.2) is 24.4 Å². The Morgan fingerprint density at radius 1 is 1.02 bits per heavy atom. The molecule has 11 nitrogen and oxygen atoms in total. The fourth-order valence-corrected chi connectivity index (χ4v) is 5.94. The smallest absolute Gasteiger partial charge is 0.322 e. The molecule has 1 atom stereocenters. The molecule has 2 aromatic rings. The van der Waals surface area contributed by atoms with Gasteiger partial charge in [-0.1, -0.05) is 38.5 Å². The Balaban J connectivity index is 1.67. The van der Waals surface area contributed by atoms with Gasteiger partial charge in [-0.25, -0.2) is 0 Å². The highest BCUT2D eigenvalue weighted by Crippen LogP contribution is 2.31. The third kappa shape index (κ3) is 7.00. The van der Waals surface area contributed by atoms with Crippen LogP contribution in [0.25, 0.3) is 10.9 Å². The van der Waals surface area contributed by atoms with Gasteiger partial charge in [-0.15, -0.1) is 0 Å². The molecule has 11 heteroatoms. The minimum atomic E-state index is -1.24. The van der Waals surface area contributed by atoms with Gasteiger partial charge in [0.05, 0.1) is 12.7 Å². The van der Waals surface area contributed by atoms with Crippen LogP contribution in [0, 0.1) is 5.92 Å². The number of methoxy groups -OCH3 is 1. The molecule has 0 saturated heterocycles. The number of hydrogen-bond donors (Lipinski definition) is 4. The van der Waals surface area contributed by atoms with Gasteiger partial charge < -0.3 is 30.4 Å². The zero-order chi connectivity index (χ0) is 28.6.